The summed E-state index contributed by atoms with van der Waals surface area (Å²) in [4.78, 5) is 55.8. The summed E-state index contributed by atoms with van der Waals surface area (Å²) in [7, 11) is 1.57. The highest BCUT2D eigenvalue weighted by molar-refractivity contribution is 6.12. The number of nitrogens with one attached hydrogen (secondary N) is 1. The van der Waals surface area contributed by atoms with Crippen molar-refractivity contribution in [1.29, 1.82) is 0 Å². The standard InChI is InChI=1S/C24H23F3N4O5/c1-4-36-21(33)16-12-30(15-8-9-19-18(10-15)28-22(34)29(19)3)23(35)31(20(16)32)11-14-6-5-7-17(13(14)2)24(25,26)27/h5-10,16H,4,11-12H2,1-3H3,(H,28,34). The maximum atomic E-state index is 13.4. The van der Waals surface area contributed by atoms with E-state index >= 15 is 0 Å². The number of imidazole rings is 1. The van der Waals surface area contributed by atoms with Gasteiger partial charge in [0.15, 0.2) is 5.92 Å². The number of anilines is 1. The first kappa shape index (κ1) is 25.0. The predicted molar refractivity (Wildman–Crippen MR) is 123 cm³/mol. The van der Waals surface area contributed by atoms with Crippen LogP contribution < -0.4 is 10.6 Å². The van der Waals surface area contributed by atoms with Crippen molar-refractivity contribution >= 4 is 34.6 Å². The van der Waals surface area contributed by atoms with Gasteiger partial charge < -0.3 is 9.72 Å². The summed E-state index contributed by atoms with van der Waals surface area (Å²) in [6.45, 7) is 2.04. The van der Waals surface area contributed by atoms with Gasteiger partial charge >= 0.3 is 23.9 Å². The van der Waals surface area contributed by atoms with Gasteiger partial charge in [0.05, 0.1) is 36.3 Å². The van der Waals surface area contributed by atoms with Gasteiger partial charge in [-0.2, -0.15) is 13.2 Å². The molecular formula is C24H23F3N4O5. The van der Waals surface area contributed by atoms with Crippen LogP contribution in [-0.2, 0) is 34.1 Å². The molecule has 0 spiro atoms. The summed E-state index contributed by atoms with van der Waals surface area (Å²) < 4.78 is 46.6. The van der Waals surface area contributed by atoms with E-state index < -0.39 is 42.1 Å². The molecule has 190 valence electrons. The Morgan fingerprint density at radius 2 is 1.89 bits per heavy atom. The Morgan fingerprint density at radius 1 is 1.17 bits per heavy atom. The van der Waals surface area contributed by atoms with E-state index in [1.165, 1.54) is 34.6 Å². The number of aryl methyl sites for hydroxylation is 1. The van der Waals surface area contributed by atoms with Gasteiger partial charge in [-0.1, -0.05) is 12.1 Å². The van der Waals surface area contributed by atoms with Crippen LogP contribution in [0.4, 0.5) is 23.7 Å². The van der Waals surface area contributed by atoms with Crippen molar-refractivity contribution in [2.45, 2.75) is 26.6 Å². The summed E-state index contributed by atoms with van der Waals surface area (Å²) in [5.74, 6) is -3.08. The number of urea groups is 1. The molecule has 1 fully saturated rings. The fourth-order valence-corrected chi connectivity index (χ4v) is 4.27. The van der Waals surface area contributed by atoms with Crippen molar-refractivity contribution < 1.29 is 32.3 Å². The van der Waals surface area contributed by atoms with Gasteiger partial charge in [-0.3, -0.25) is 24.0 Å². The molecule has 1 aliphatic heterocycles. The van der Waals surface area contributed by atoms with E-state index in [4.69, 9.17) is 4.74 Å². The molecule has 0 saturated carbocycles. The molecule has 0 radical (unpaired) electrons. The van der Waals surface area contributed by atoms with Crippen LogP contribution in [0, 0.1) is 12.8 Å². The molecule has 0 aliphatic carbocycles. The number of ether oxygens (including phenoxy) is 1. The number of nitrogens with zero attached hydrogens (tertiary/aromatic N) is 3. The number of hydrogen-bond acceptors (Lipinski definition) is 5. The van der Waals surface area contributed by atoms with Gasteiger partial charge in [0.1, 0.15) is 0 Å². The molecule has 1 saturated heterocycles. The number of fused-ring (bicyclic) bond motifs is 1. The molecule has 0 bridgehead atoms. The van der Waals surface area contributed by atoms with Crippen LogP contribution in [0.5, 0.6) is 0 Å². The topological polar surface area (TPSA) is 105 Å². The van der Waals surface area contributed by atoms with E-state index in [-0.39, 0.29) is 30.0 Å². The average Bonchev–Trinajstić information content (AvgIpc) is 3.09. The van der Waals surface area contributed by atoms with Crippen molar-refractivity contribution in [2.24, 2.45) is 13.0 Å². The van der Waals surface area contributed by atoms with E-state index in [0.717, 1.165) is 11.0 Å². The van der Waals surface area contributed by atoms with Crippen LogP contribution in [0.3, 0.4) is 0 Å². The maximum Gasteiger partial charge on any atom is 0.416 e. The number of esters is 1. The predicted octanol–water partition coefficient (Wildman–Crippen LogP) is 3.34. The lowest BCUT2D eigenvalue weighted by Gasteiger charge is -2.37. The van der Waals surface area contributed by atoms with Crippen LogP contribution in [0.2, 0.25) is 0 Å². The van der Waals surface area contributed by atoms with Crippen LogP contribution in [0.1, 0.15) is 23.6 Å². The molecule has 1 aromatic heterocycles. The van der Waals surface area contributed by atoms with Crippen LogP contribution in [0.15, 0.2) is 41.2 Å². The first-order valence-corrected chi connectivity index (χ1v) is 11.1. The number of benzene rings is 2. The number of amides is 3. The monoisotopic (exact) mass is 504 g/mol. The fourth-order valence-electron chi connectivity index (χ4n) is 4.27. The van der Waals surface area contributed by atoms with Gasteiger partial charge in [-0.15, -0.1) is 0 Å². The maximum absolute atomic E-state index is 13.4. The molecule has 36 heavy (non-hydrogen) atoms. The number of aromatic amines is 1. The second kappa shape index (κ2) is 9.17. The number of carbonyl (C=O) groups is 3. The number of imide groups is 1. The Bertz CT molecular complexity index is 1430. The zero-order chi connectivity index (χ0) is 26.4. The van der Waals surface area contributed by atoms with Gasteiger partial charge in [0.25, 0.3) is 0 Å². The summed E-state index contributed by atoms with van der Waals surface area (Å²) in [5, 5.41) is 0. The van der Waals surface area contributed by atoms with Crippen LogP contribution in [-0.4, -0.2) is 45.5 Å². The Kier molecular flexibility index (Phi) is 6.37. The van der Waals surface area contributed by atoms with E-state index in [2.05, 4.69) is 4.98 Å². The molecule has 3 aromatic rings. The van der Waals surface area contributed by atoms with Crippen molar-refractivity contribution in [3.8, 4) is 0 Å². The Labute approximate surface area is 203 Å². The van der Waals surface area contributed by atoms with Crippen molar-refractivity contribution in [1.82, 2.24) is 14.5 Å². The average molecular weight is 504 g/mol. The number of rotatable bonds is 5. The lowest BCUT2D eigenvalue weighted by molar-refractivity contribution is -0.154. The largest absolute Gasteiger partial charge is 0.465 e. The zero-order valence-corrected chi connectivity index (χ0v) is 19.7. The third-order valence-corrected chi connectivity index (χ3v) is 6.24. The molecular weight excluding hydrogens is 481 g/mol. The number of hydrogen-bond donors (Lipinski definition) is 1. The summed E-state index contributed by atoms with van der Waals surface area (Å²) in [6.07, 6.45) is -4.61. The van der Waals surface area contributed by atoms with Crippen molar-refractivity contribution in [3.05, 3.63) is 63.6 Å². The Hall–Kier alpha value is -4.09. The number of carbonyl (C=O) groups excluding carboxylic acids is 3. The number of H-pyrrole nitrogens is 1. The van der Waals surface area contributed by atoms with Crippen molar-refractivity contribution in [2.75, 3.05) is 18.1 Å². The van der Waals surface area contributed by atoms with Gasteiger partial charge in [0, 0.05) is 12.7 Å². The highest BCUT2D eigenvalue weighted by atomic mass is 19.4. The van der Waals surface area contributed by atoms with E-state index in [1.54, 1.807) is 26.1 Å². The van der Waals surface area contributed by atoms with E-state index in [0.29, 0.717) is 16.7 Å². The Balaban J connectivity index is 1.76. The normalized spacial score (nSPS) is 16.7. The van der Waals surface area contributed by atoms with Crippen LogP contribution in [0.25, 0.3) is 11.0 Å². The second-order valence-electron chi connectivity index (χ2n) is 8.40. The summed E-state index contributed by atoms with van der Waals surface area (Å²) in [5.41, 5.74) is 0.0299. The third-order valence-electron chi connectivity index (χ3n) is 6.24. The van der Waals surface area contributed by atoms with Gasteiger partial charge in [0.2, 0.25) is 5.91 Å². The molecule has 12 heteroatoms. The van der Waals surface area contributed by atoms with E-state index in [1.807, 2.05) is 0 Å². The number of alkyl halides is 3. The fraction of sp³-hybridized carbons (Fsp3) is 0.333. The van der Waals surface area contributed by atoms with E-state index in [9.17, 15) is 32.3 Å². The smallest absolute Gasteiger partial charge is 0.416 e. The molecule has 1 aliphatic rings. The lowest BCUT2D eigenvalue weighted by Crippen LogP contribution is -2.58. The minimum absolute atomic E-state index is 0.000503. The summed E-state index contributed by atoms with van der Waals surface area (Å²) in [6, 6.07) is 7.39. The Morgan fingerprint density at radius 3 is 2.56 bits per heavy atom. The molecule has 1 unspecified atom stereocenters. The quantitative estimate of drug-likeness (QED) is 0.424. The molecule has 2 aromatic carbocycles. The first-order chi connectivity index (χ1) is 16.9. The van der Waals surface area contributed by atoms with Crippen molar-refractivity contribution in [3.63, 3.8) is 0 Å². The third kappa shape index (κ3) is 4.34. The summed E-state index contributed by atoms with van der Waals surface area (Å²) >= 11 is 0. The molecule has 4 rings (SSSR count). The number of halogens is 3. The minimum atomic E-state index is -4.61. The molecule has 9 nitrogen and oxygen atoms in total. The molecule has 1 N–H and O–H groups in total. The first-order valence-electron chi connectivity index (χ1n) is 11.1. The molecule has 3 amide bonds. The zero-order valence-electron chi connectivity index (χ0n) is 19.7. The lowest BCUT2D eigenvalue weighted by atomic mass is 9.99. The highest BCUT2D eigenvalue weighted by Crippen LogP contribution is 2.34. The van der Waals surface area contributed by atoms with Gasteiger partial charge in [-0.25, -0.2) is 9.59 Å². The molecule has 1 atom stereocenters. The minimum Gasteiger partial charge on any atom is -0.465 e. The highest BCUT2D eigenvalue weighted by Gasteiger charge is 2.44. The van der Waals surface area contributed by atoms with Gasteiger partial charge in [-0.05, 0) is 49.2 Å². The SMILES string of the molecule is CCOC(=O)C1CN(c2ccc3c(c2)[nH]c(=O)n3C)C(=O)N(Cc2cccc(C(F)(F)F)c2C)C1=O. The molecule has 2 heterocycles. The second-order valence-corrected chi connectivity index (χ2v) is 8.40. The number of aromatic nitrogens is 2. The van der Waals surface area contributed by atoms with Crippen LogP contribution >= 0.6 is 0 Å².